The summed E-state index contributed by atoms with van der Waals surface area (Å²) in [7, 11) is 0. The van der Waals surface area contributed by atoms with Crippen molar-refractivity contribution in [2.24, 2.45) is 5.92 Å². The lowest BCUT2D eigenvalue weighted by Crippen LogP contribution is -2.21. The summed E-state index contributed by atoms with van der Waals surface area (Å²) in [6, 6.07) is 0.101. The molecule has 0 saturated heterocycles. The molecule has 0 saturated carbocycles. The van der Waals surface area contributed by atoms with Gasteiger partial charge < -0.3 is 4.74 Å². The number of nitrogens with zero attached hydrogens (tertiary/aromatic N) is 2. The van der Waals surface area contributed by atoms with Crippen molar-refractivity contribution in [2.45, 2.75) is 19.3 Å². The van der Waals surface area contributed by atoms with Gasteiger partial charge in [0.2, 0.25) is 0 Å². The molecule has 5 nitrogen and oxygen atoms in total. The Hall–Kier alpha value is -1.65. The number of aromatic amines is 1. The molecule has 1 aromatic heterocycles. The highest BCUT2D eigenvalue weighted by Gasteiger charge is 2.21. The second-order valence-electron chi connectivity index (χ2n) is 3.18. The molecule has 0 bridgehead atoms. The van der Waals surface area contributed by atoms with E-state index in [9.17, 15) is 4.79 Å². The number of carbonyl (C=O) groups is 1. The first-order valence-electron chi connectivity index (χ1n) is 4.59. The second kappa shape index (κ2) is 4.04. The molecular formula is C9H11N3O2. The molecule has 0 aliphatic heterocycles. The van der Waals surface area contributed by atoms with Gasteiger partial charge in [0.15, 0.2) is 0 Å². The molecular weight excluding hydrogens is 182 g/mol. The van der Waals surface area contributed by atoms with Crippen molar-refractivity contribution >= 4 is 5.97 Å². The van der Waals surface area contributed by atoms with E-state index in [1.807, 2.05) is 6.08 Å². The standard InChI is InChI=1S/C9H11N3O2/c13-8(7-4-2-1-3-5-7)14-9-10-6-11-12-9/h1-2,6-7H,3-5H2,(H,10,11,12). The van der Waals surface area contributed by atoms with E-state index in [0.717, 1.165) is 19.3 Å². The van der Waals surface area contributed by atoms with E-state index < -0.39 is 0 Å². The Balaban J connectivity index is 1.92. The quantitative estimate of drug-likeness (QED) is 0.563. The zero-order valence-electron chi connectivity index (χ0n) is 7.64. The Morgan fingerprint density at radius 1 is 1.57 bits per heavy atom. The Morgan fingerprint density at radius 3 is 3.14 bits per heavy atom. The molecule has 1 unspecified atom stereocenters. The highest BCUT2D eigenvalue weighted by atomic mass is 16.5. The van der Waals surface area contributed by atoms with Crippen molar-refractivity contribution < 1.29 is 9.53 Å². The van der Waals surface area contributed by atoms with Gasteiger partial charge in [0.05, 0.1) is 5.92 Å². The summed E-state index contributed by atoms with van der Waals surface area (Å²) >= 11 is 0. The molecule has 0 aromatic carbocycles. The maximum Gasteiger partial charge on any atom is 0.343 e. The molecule has 1 aliphatic carbocycles. The number of esters is 1. The molecule has 0 radical (unpaired) electrons. The third-order valence-corrected chi connectivity index (χ3v) is 2.19. The first-order chi connectivity index (χ1) is 6.86. The molecule has 1 N–H and O–H groups in total. The summed E-state index contributed by atoms with van der Waals surface area (Å²) < 4.78 is 4.97. The van der Waals surface area contributed by atoms with Crippen molar-refractivity contribution in [3.05, 3.63) is 18.5 Å². The molecule has 1 heterocycles. The lowest BCUT2D eigenvalue weighted by Gasteiger charge is -2.14. The third-order valence-electron chi connectivity index (χ3n) is 2.19. The minimum absolute atomic E-state index is 0.0431. The van der Waals surface area contributed by atoms with Gasteiger partial charge in [0, 0.05) is 0 Å². The van der Waals surface area contributed by atoms with Crippen molar-refractivity contribution in [3.8, 4) is 6.01 Å². The summed E-state index contributed by atoms with van der Waals surface area (Å²) in [5, 5.41) is 6.14. The van der Waals surface area contributed by atoms with Gasteiger partial charge in [-0.2, -0.15) is 4.98 Å². The van der Waals surface area contributed by atoms with Crippen LogP contribution in [0.4, 0.5) is 0 Å². The zero-order valence-corrected chi connectivity index (χ0v) is 7.64. The smallest absolute Gasteiger partial charge is 0.343 e. The summed E-state index contributed by atoms with van der Waals surface area (Å²) in [5.74, 6) is -0.285. The minimum atomic E-state index is -0.242. The van der Waals surface area contributed by atoms with E-state index in [2.05, 4.69) is 21.3 Å². The van der Waals surface area contributed by atoms with E-state index in [4.69, 9.17) is 4.74 Å². The topological polar surface area (TPSA) is 67.9 Å². The lowest BCUT2D eigenvalue weighted by molar-refractivity contribution is -0.139. The Morgan fingerprint density at radius 2 is 2.50 bits per heavy atom. The van der Waals surface area contributed by atoms with Gasteiger partial charge in [-0.25, -0.2) is 0 Å². The van der Waals surface area contributed by atoms with Crippen LogP contribution in [0.5, 0.6) is 6.01 Å². The fraction of sp³-hybridized carbons (Fsp3) is 0.444. The van der Waals surface area contributed by atoms with E-state index in [1.54, 1.807) is 0 Å². The Bertz CT molecular complexity index is 332. The van der Waals surface area contributed by atoms with Gasteiger partial charge in [-0.3, -0.25) is 9.89 Å². The third kappa shape index (κ3) is 1.99. The number of allylic oxidation sites excluding steroid dienone is 2. The fourth-order valence-corrected chi connectivity index (χ4v) is 1.43. The monoisotopic (exact) mass is 193 g/mol. The van der Waals surface area contributed by atoms with Crippen LogP contribution >= 0.6 is 0 Å². The second-order valence-corrected chi connectivity index (χ2v) is 3.18. The number of hydrogen-bond donors (Lipinski definition) is 1. The largest absolute Gasteiger partial charge is 0.390 e. The average Bonchev–Trinajstić information content (AvgIpc) is 2.72. The SMILES string of the molecule is O=C(Oc1nc[nH]n1)C1CC=CCC1. The van der Waals surface area contributed by atoms with Gasteiger partial charge >= 0.3 is 12.0 Å². The van der Waals surface area contributed by atoms with Crippen molar-refractivity contribution in [2.75, 3.05) is 0 Å². The number of carbonyl (C=O) groups excluding carboxylic acids is 1. The van der Waals surface area contributed by atoms with Crippen LogP contribution in [0.3, 0.4) is 0 Å². The normalized spacial score (nSPS) is 20.7. The first kappa shape index (κ1) is 8.93. The average molecular weight is 193 g/mol. The minimum Gasteiger partial charge on any atom is -0.390 e. The molecule has 0 amide bonds. The predicted octanol–water partition coefficient (Wildman–Crippen LogP) is 1.07. The summed E-state index contributed by atoms with van der Waals surface area (Å²) in [6.45, 7) is 0. The number of hydrogen-bond acceptors (Lipinski definition) is 4. The van der Waals surface area contributed by atoms with E-state index in [0.29, 0.717) is 0 Å². The van der Waals surface area contributed by atoms with Crippen LogP contribution < -0.4 is 4.74 Å². The molecule has 1 atom stereocenters. The number of rotatable bonds is 2. The summed E-state index contributed by atoms with van der Waals surface area (Å²) in [4.78, 5) is 15.2. The maximum atomic E-state index is 11.5. The van der Waals surface area contributed by atoms with E-state index >= 15 is 0 Å². The first-order valence-corrected chi connectivity index (χ1v) is 4.59. The maximum absolute atomic E-state index is 11.5. The fourth-order valence-electron chi connectivity index (χ4n) is 1.43. The summed E-state index contributed by atoms with van der Waals surface area (Å²) in [6.07, 6.45) is 8.00. The molecule has 74 valence electrons. The highest BCUT2D eigenvalue weighted by Crippen LogP contribution is 2.19. The predicted molar refractivity (Wildman–Crippen MR) is 48.5 cm³/mol. The highest BCUT2D eigenvalue weighted by molar-refractivity contribution is 5.74. The van der Waals surface area contributed by atoms with Crippen molar-refractivity contribution in [1.29, 1.82) is 0 Å². The van der Waals surface area contributed by atoms with Crippen LogP contribution in [0.25, 0.3) is 0 Å². The zero-order chi connectivity index (χ0) is 9.80. The van der Waals surface area contributed by atoms with Gasteiger partial charge in [-0.15, -0.1) is 5.10 Å². The number of H-pyrrole nitrogens is 1. The Labute approximate surface area is 81.2 Å². The van der Waals surface area contributed by atoms with E-state index in [1.165, 1.54) is 6.33 Å². The number of ether oxygens (including phenoxy) is 1. The van der Waals surface area contributed by atoms with E-state index in [-0.39, 0.29) is 17.9 Å². The van der Waals surface area contributed by atoms with Crippen LogP contribution in [0.15, 0.2) is 18.5 Å². The van der Waals surface area contributed by atoms with Crippen LogP contribution in [0.1, 0.15) is 19.3 Å². The van der Waals surface area contributed by atoms with Crippen LogP contribution in [0.2, 0.25) is 0 Å². The lowest BCUT2D eigenvalue weighted by atomic mass is 9.95. The van der Waals surface area contributed by atoms with Crippen molar-refractivity contribution in [1.82, 2.24) is 15.2 Å². The molecule has 5 heteroatoms. The molecule has 1 aromatic rings. The van der Waals surface area contributed by atoms with Gasteiger partial charge in [0.1, 0.15) is 6.33 Å². The molecule has 1 aliphatic rings. The molecule has 0 fully saturated rings. The molecule has 2 rings (SSSR count). The van der Waals surface area contributed by atoms with Crippen LogP contribution in [-0.2, 0) is 4.79 Å². The van der Waals surface area contributed by atoms with Gasteiger partial charge in [-0.1, -0.05) is 12.2 Å². The van der Waals surface area contributed by atoms with Gasteiger partial charge in [0.25, 0.3) is 0 Å². The number of nitrogens with one attached hydrogen (secondary N) is 1. The van der Waals surface area contributed by atoms with Crippen molar-refractivity contribution in [3.63, 3.8) is 0 Å². The summed E-state index contributed by atoms with van der Waals surface area (Å²) in [5.41, 5.74) is 0. The molecule has 14 heavy (non-hydrogen) atoms. The van der Waals surface area contributed by atoms with Crippen LogP contribution in [-0.4, -0.2) is 21.2 Å². The van der Waals surface area contributed by atoms with Gasteiger partial charge in [-0.05, 0) is 19.3 Å². The Kier molecular flexibility index (Phi) is 2.58. The number of aromatic nitrogens is 3. The molecule has 0 spiro atoms. The van der Waals surface area contributed by atoms with Crippen LogP contribution in [0, 0.1) is 5.92 Å².